The van der Waals surface area contributed by atoms with Crippen LogP contribution in [0.4, 0.5) is 11.5 Å². The zero-order valence-electron chi connectivity index (χ0n) is 16.0. The van der Waals surface area contributed by atoms with Gasteiger partial charge in [-0.2, -0.15) is 0 Å². The van der Waals surface area contributed by atoms with Crippen LogP contribution in [0.3, 0.4) is 0 Å². The maximum atomic E-state index is 7.33. The number of anilines is 1. The maximum absolute atomic E-state index is 7.33. The van der Waals surface area contributed by atoms with Gasteiger partial charge in [0.15, 0.2) is 11.5 Å². The van der Waals surface area contributed by atoms with Crippen molar-refractivity contribution in [1.29, 1.82) is 0 Å². The third kappa shape index (κ3) is 4.80. The summed E-state index contributed by atoms with van der Waals surface area (Å²) in [4.78, 5) is 7.93. The lowest BCUT2D eigenvalue weighted by molar-refractivity contribution is 1.02. The van der Waals surface area contributed by atoms with Gasteiger partial charge in [-0.05, 0) is 42.3 Å². The summed E-state index contributed by atoms with van der Waals surface area (Å²) in [7, 11) is 0. The first-order valence-corrected chi connectivity index (χ1v) is 9.12. The zero-order valence-corrected chi connectivity index (χ0v) is 18.4. The minimum atomic E-state index is 0. The third-order valence-electron chi connectivity index (χ3n) is 4.50. The molecule has 0 bridgehead atoms. The van der Waals surface area contributed by atoms with Gasteiger partial charge in [0.25, 0.3) is 0 Å². The van der Waals surface area contributed by atoms with Gasteiger partial charge >= 0.3 is 0 Å². The summed E-state index contributed by atoms with van der Waals surface area (Å²) in [6.07, 6.45) is 1.73. The molecule has 0 fully saturated rings. The second-order valence-electron chi connectivity index (χ2n) is 6.39. The van der Waals surface area contributed by atoms with Gasteiger partial charge in [0.05, 0.1) is 12.3 Å². The zero-order chi connectivity index (χ0) is 19.5. The lowest BCUT2D eigenvalue weighted by Crippen LogP contribution is -2.04. The Bertz CT molecular complexity index is 1210. The lowest BCUT2D eigenvalue weighted by Gasteiger charge is -2.12. The Morgan fingerprint density at radius 2 is 1.83 bits per heavy atom. The van der Waals surface area contributed by atoms with E-state index in [1.54, 1.807) is 12.3 Å². The van der Waals surface area contributed by atoms with Crippen LogP contribution >= 0.6 is 36.4 Å². The van der Waals surface area contributed by atoms with E-state index in [9.17, 15) is 0 Å². The number of aryl methyl sites for hydroxylation is 1. The van der Waals surface area contributed by atoms with Gasteiger partial charge in [-0.3, -0.25) is 4.98 Å². The third-order valence-corrected chi connectivity index (χ3v) is 4.90. The minimum Gasteiger partial charge on any atom is -0.364 e. The van der Waals surface area contributed by atoms with Crippen LogP contribution in [0.5, 0.6) is 0 Å². The van der Waals surface area contributed by atoms with E-state index in [1.807, 2.05) is 55.5 Å². The van der Waals surface area contributed by atoms with Crippen molar-refractivity contribution in [3.05, 3.63) is 88.4 Å². The summed E-state index contributed by atoms with van der Waals surface area (Å²) in [5.41, 5.74) is 4.06. The van der Waals surface area contributed by atoms with Crippen molar-refractivity contribution in [2.24, 2.45) is 0 Å². The number of pyridine rings is 1. The molecule has 2 aromatic carbocycles. The molecular weight excluding hydrogens is 441 g/mol. The van der Waals surface area contributed by atoms with E-state index in [4.69, 9.17) is 18.2 Å². The first-order chi connectivity index (χ1) is 13.7. The normalized spacial score (nSPS) is 9.90. The first kappa shape index (κ1) is 23.4. The quantitative estimate of drug-likeness (QED) is 0.347. The molecular formula is C22H18Cl3N5. The molecule has 152 valence electrons. The standard InChI is InChI=1S/C22H16ClN5.2ClH/c1-14-6-7-15(11-19(14)23)13-26-22-18-12-16(24-2)8-9-17(18)21(27-28-22)20-5-3-4-10-25-20;;/h3-12H,13H2,1H3,(H,26,28);2*1H. The van der Waals surface area contributed by atoms with Gasteiger partial charge in [0.2, 0.25) is 0 Å². The van der Waals surface area contributed by atoms with Gasteiger partial charge < -0.3 is 5.32 Å². The monoisotopic (exact) mass is 457 g/mol. The number of hydrogen-bond acceptors (Lipinski definition) is 4. The van der Waals surface area contributed by atoms with Crippen LogP contribution in [0.25, 0.3) is 27.0 Å². The molecule has 0 aliphatic carbocycles. The SMILES string of the molecule is Cl.Cl.[C-]#[N+]c1ccc2c(-c3ccccn3)nnc(NCc3ccc(C)c(Cl)c3)c2c1. The van der Waals surface area contributed by atoms with Crippen molar-refractivity contribution >= 4 is 58.7 Å². The van der Waals surface area contributed by atoms with Crippen molar-refractivity contribution < 1.29 is 0 Å². The highest BCUT2D eigenvalue weighted by Gasteiger charge is 2.12. The van der Waals surface area contributed by atoms with Gasteiger partial charge in [0.1, 0.15) is 5.69 Å². The average molecular weight is 459 g/mol. The Morgan fingerprint density at radius 1 is 1.00 bits per heavy atom. The highest BCUT2D eigenvalue weighted by Crippen LogP contribution is 2.32. The molecule has 0 saturated carbocycles. The van der Waals surface area contributed by atoms with Gasteiger partial charge in [-0.15, -0.1) is 35.0 Å². The Hall–Kier alpha value is -2.91. The molecule has 30 heavy (non-hydrogen) atoms. The molecule has 0 amide bonds. The predicted octanol–water partition coefficient (Wildman–Crippen LogP) is 6.66. The van der Waals surface area contributed by atoms with Crippen molar-refractivity contribution in [2.75, 3.05) is 5.32 Å². The fourth-order valence-corrected chi connectivity index (χ4v) is 3.17. The highest BCUT2D eigenvalue weighted by molar-refractivity contribution is 6.31. The minimum absolute atomic E-state index is 0. The van der Waals surface area contributed by atoms with Crippen LogP contribution < -0.4 is 5.32 Å². The van der Waals surface area contributed by atoms with E-state index in [0.29, 0.717) is 23.7 Å². The Balaban J connectivity index is 0.00000160. The molecule has 8 heteroatoms. The Labute approximate surface area is 192 Å². The van der Waals surface area contributed by atoms with Crippen molar-refractivity contribution in [2.45, 2.75) is 13.5 Å². The summed E-state index contributed by atoms with van der Waals surface area (Å²) in [6, 6.07) is 17.1. The van der Waals surface area contributed by atoms with Crippen LogP contribution in [0.2, 0.25) is 5.02 Å². The number of halogens is 3. The molecule has 0 radical (unpaired) electrons. The summed E-state index contributed by atoms with van der Waals surface area (Å²) in [5, 5.41) is 14.6. The number of benzene rings is 2. The van der Waals surface area contributed by atoms with Crippen LogP contribution in [0.1, 0.15) is 11.1 Å². The first-order valence-electron chi connectivity index (χ1n) is 8.74. The molecule has 5 nitrogen and oxygen atoms in total. The molecule has 0 atom stereocenters. The number of hydrogen-bond donors (Lipinski definition) is 1. The van der Waals surface area contributed by atoms with E-state index < -0.39 is 0 Å². The molecule has 2 aromatic heterocycles. The second-order valence-corrected chi connectivity index (χ2v) is 6.80. The van der Waals surface area contributed by atoms with E-state index >= 15 is 0 Å². The average Bonchev–Trinajstić information content (AvgIpc) is 2.74. The molecule has 2 heterocycles. The van der Waals surface area contributed by atoms with Gasteiger partial charge in [0, 0.05) is 28.5 Å². The molecule has 0 aliphatic rings. The molecule has 4 rings (SSSR count). The van der Waals surface area contributed by atoms with E-state index in [2.05, 4.69) is 25.3 Å². The van der Waals surface area contributed by atoms with Crippen molar-refractivity contribution in [1.82, 2.24) is 15.2 Å². The Kier molecular flexibility index (Phi) is 7.96. The van der Waals surface area contributed by atoms with Crippen molar-refractivity contribution in [3.63, 3.8) is 0 Å². The largest absolute Gasteiger partial charge is 0.364 e. The van der Waals surface area contributed by atoms with Crippen LogP contribution in [-0.4, -0.2) is 15.2 Å². The number of nitrogens with zero attached hydrogens (tertiary/aromatic N) is 4. The molecule has 0 spiro atoms. The van der Waals surface area contributed by atoms with Crippen LogP contribution in [-0.2, 0) is 6.54 Å². The molecule has 0 aliphatic heterocycles. The summed E-state index contributed by atoms with van der Waals surface area (Å²) < 4.78 is 0. The number of rotatable bonds is 4. The number of fused-ring (bicyclic) bond motifs is 1. The molecule has 4 aromatic rings. The van der Waals surface area contributed by atoms with Crippen LogP contribution in [0, 0.1) is 13.5 Å². The van der Waals surface area contributed by atoms with E-state index in [0.717, 1.165) is 32.6 Å². The fraction of sp³-hybridized carbons (Fsp3) is 0.0909. The van der Waals surface area contributed by atoms with Crippen molar-refractivity contribution in [3.8, 4) is 11.4 Å². The highest BCUT2D eigenvalue weighted by atomic mass is 35.5. The fourth-order valence-electron chi connectivity index (χ4n) is 2.97. The summed E-state index contributed by atoms with van der Waals surface area (Å²) >= 11 is 6.22. The van der Waals surface area contributed by atoms with Gasteiger partial charge in [-0.25, -0.2) is 4.85 Å². The number of aromatic nitrogens is 3. The maximum Gasteiger partial charge on any atom is 0.188 e. The number of nitrogens with one attached hydrogen (secondary N) is 1. The molecule has 0 saturated heterocycles. The van der Waals surface area contributed by atoms with E-state index in [1.165, 1.54) is 0 Å². The molecule has 0 unspecified atom stereocenters. The predicted molar refractivity (Wildman–Crippen MR) is 127 cm³/mol. The summed E-state index contributed by atoms with van der Waals surface area (Å²) in [6.45, 7) is 9.85. The van der Waals surface area contributed by atoms with Crippen LogP contribution in [0.15, 0.2) is 60.8 Å². The van der Waals surface area contributed by atoms with Gasteiger partial charge in [-0.1, -0.05) is 41.9 Å². The smallest absolute Gasteiger partial charge is 0.188 e. The lowest BCUT2D eigenvalue weighted by atomic mass is 10.1. The Morgan fingerprint density at radius 3 is 2.53 bits per heavy atom. The second kappa shape index (κ2) is 10.2. The summed E-state index contributed by atoms with van der Waals surface area (Å²) in [5.74, 6) is 0.622. The topological polar surface area (TPSA) is 55.1 Å². The van der Waals surface area contributed by atoms with E-state index in [-0.39, 0.29) is 24.8 Å². The molecule has 1 N–H and O–H groups in total.